The minimum absolute atomic E-state index is 0.0788. The molecule has 2 unspecified atom stereocenters. The quantitative estimate of drug-likeness (QED) is 0.733. The van der Waals surface area contributed by atoms with Crippen LogP contribution >= 0.6 is 0 Å². The summed E-state index contributed by atoms with van der Waals surface area (Å²) in [6.45, 7) is 9.73. The number of hydrogen-bond donors (Lipinski definition) is 1. The van der Waals surface area contributed by atoms with Crippen LogP contribution in [0.5, 0.6) is 0 Å². The lowest BCUT2D eigenvalue weighted by Crippen LogP contribution is -2.63. The lowest BCUT2D eigenvalue weighted by atomic mass is 9.85. The van der Waals surface area contributed by atoms with E-state index in [9.17, 15) is 4.79 Å². The number of hydrogen-bond acceptors (Lipinski definition) is 4. The van der Waals surface area contributed by atoms with E-state index in [1.807, 2.05) is 0 Å². The topological polar surface area (TPSA) is 41.6 Å². The third-order valence-electron chi connectivity index (χ3n) is 5.28. The standard InChI is InChI=1S/C17H32N2O2/c1-12(16(2,3)4)19(5)11-17(13-7-8-13,15(20)21-6)18-14-9-10-14/h12-14,18H,7-11H2,1-6H3. The number of carbonyl (C=O) groups excluding carboxylic acids is 1. The van der Waals surface area contributed by atoms with Gasteiger partial charge in [-0.15, -0.1) is 0 Å². The molecule has 0 spiro atoms. The van der Waals surface area contributed by atoms with Crippen molar-refractivity contribution in [2.45, 2.75) is 71.0 Å². The van der Waals surface area contributed by atoms with Crippen molar-refractivity contribution < 1.29 is 9.53 Å². The minimum atomic E-state index is -0.510. The molecule has 0 aromatic heterocycles. The van der Waals surface area contributed by atoms with Gasteiger partial charge in [0.15, 0.2) is 0 Å². The van der Waals surface area contributed by atoms with Crippen molar-refractivity contribution in [3.05, 3.63) is 0 Å². The monoisotopic (exact) mass is 296 g/mol. The first-order valence-corrected chi connectivity index (χ1v) is 8.27. The average molecular weight is 296 g/mol. The Kier molecular flexibility index (Phi) is 4.69. The van der Waals surface area contributed by atoms with Crippen LogP contribution in [-0.4, -0.2) is 49.2 Å². The average Bonchev–Trinajstić information content (AvgIpc) is 3.25. The van der Waals surface area contributed by atoms with E-state index in [0.717, 1.165) is 19.4 Å². The zero-order valence-corrected chi connectivity index (χ0v) is 14.5. The first-order chi connectivity index (χ1) is 9.70. The fourth-order valence-corrected chi connectivity index (χ4v) is 3.12. The van der Waals surface area contributed by atoms with Gasteiger partial charge in [-0.1, -0.05) is 20.8 Å². The van der Waals surface area contributed by atoms with Crippen molar-refractivity contribution in [1.29, 1.82) is 0 Å². The van der Waals surface area contributed by atoms with E-state index in [1.54, 1.807) is 0 Å². The number of rotatable bonds is 7. The third-order valence-corrected chi connectivity index (χ3v) is 5.28. The molecule has 0 aromatic carbocycles. The molecule has 0 amide bonds. The number of carbonyl (C=O) groups is 1. The highest BCUT2D eigenvalue weighted by Crippen LogP contribution is 2.43. The fraction of sp³-hybridized carbons (Fsp3) is 0.941. The first-order valence-electron chi connectivity index (χ1n) is 8.27. The number of esters is 1. The predicted octanol–water partition coefficient (Wildman–Crippen LogP) is 2.43. The lowest BCUT2D eigenvalue weighted by molar-refractivity contribution is -0.151. The molecule has 4 heteroatoms. The summed E-state index contributed by atoms with van der Waals surface area (Å²) < 4.78 is 5.18. The van der Waals surface area contributed by atoms with Crippen LogP contribution in [0.4, 0.5) is 0 Å². The highest BCUT2D eigenvalue weighted by molar-refractivity contribution is 5.82. The molecule has 0 saturated heterocycles. The van der Waals surface area contributed by atoms with E-state index >= 15 is 0 Å². The van der Waals surface area contributed by atoms with Gasteiger partial charge < -0.3 is 9.64 Å². The largest absolute Gasteiger partial charge is 0.468 e. The molecule has 2 aliphatic carbocycles. The fourth-order valence-electron chi connectivity index (χ4n) is 3.12. The van der Waals surface area contributed by atoms with Gasteiger partial charge >= 0.3 is 5.97 Å². The van der Waals surface area contributed by atoms with Gasteiger partial charge in [-0.25, -0.2) is 4.79 Å². The molecule has 2 saturated carbocycles. The van der Waals surface area contributed by atoms with Gasteiger partial charge in [0.1, 0.15) is 5.54 Å². The molecule has 0 bridgehead atoms. The summed E-state index contributed by atoms with van der Waals surface area (Å²) >= 11 is 0. The molecule has 122 valence electrons. The second-order valence-electron chi connectivity index (χ2n) is 8.11. The molecule has 21 heavy (non-hydrogen) atoms. The number of nitrogens with zero attached hydrogens (tertiary/aromatic N) is 1. The van der Waals surface area contributed by atoms with Crippen molar-refractivity contribution in [2.24, 2.45) is 11.3 Å². The van der Waals surface area contributed by atoms with Crippen LogP contribution in [0.1, 0.15) is 53.4 Å². The molecule has 2 fully saturated rings. The third kappa shape index (κ3) is 3.78. The van der Waals surface area contributed by atoms with Crippen molar-refractivity contribution in [1.82, 2.24) is 10.2 Å². The summed E-state index contributed by atoms with van der Waals surface area (Å²) in [7, 11) is 3.64. The van der Waals surface area contributed by atoms with Crippen molar-refractivity contribution >= 4 is 5.97 Å². The normalized spacial score (nSPS) is 23.8. The predicted molar refractivity (Wildman–Crippen MR) is 85.2 cm³/mol. The highest BCUT2D eigenvalue weighted by atomic mass is 16.5. The zero-order chi connectivity index (χ0) is 15.8. The second kappa shape index (κ2) is 5.88. The smallest absolute Gasteiger partial charge is 0.327 e. The lowest BCUT2D eigenvalue weighted by Gasteiger charge is -2.42. The summed E-state index contributed by atoms with van der Waals surface area (Å²) in [6.07, 6.45) is 4.63. The molecule has 2 atom stereocenters. The summed E-state index contributed by atoms with van der Waals surface area (Å²) in [5.41, 5.74) is -0.316. The second-order valence-corrected chi connectivity index (χ2v) is 8.11. The van der Waals surface area contributed by atoms with E-state index in [4.69, 9.17) is 4.74 Å². The van der Waals surface area contributed by atoms with Gasteiger partial charge in [-0.05, 0) is 51.0 Å². The van der Waals surface area contributed by atoms with E-state index in [1.165, 1.54) is 20.0 Å². The molecule has 2 rings (SSSR count). The summed E-state index contributed by atoms with van der Waals surface area (Å²) in [5.74, 6) is 0.352. The molecule has 0 aliphatic heterocycles. The maximum atomic E-state index is 12.6. The summed E-state index contributed by atoms with van der Waals surface area (Å²) in [5, 5.41) is 3.64. The van der Waals surface area contributed by atoms with Crippen LogP contribution < -0.4 is 5.32 Å². The Hall–Kier alpha value is -0.610. The van der Waals surface area contributed by atoms with E-state index < -0.39 is 5.54 Å². The molecule has 4 nitrogen and oxygen atoms in total. The number of likely N-dealkylation sites (N-methyl/N-ethyl adjacent to an activating group) is 1. The zero-order valence-electron chi connectivity index (χ0n) is 14.5. The van der Waals surface area contributed by atoms with E-state index in [2.05, 4.69) is 45.0 Å². The summed E-state index contributed by atoms with van der Waals surface area (Å²) in [6, 6.07) is 0.907. The molecular weight excluding hydrogens is 264 g/mol. The Balaban J connectivity index is 2.16. The Labute approximate surface area is 129 Å². The maximum Gasteiger partial charge on any atom is 0.327 e. The number of methoxy groups -OCH3 is 1. The van der Waals surface area contributed by atoms with Crippen LogP contribution in [0, 0.1) is 11.3 Å². The van der Waals surface area contributed by atoms with Crippen molar-refractivity contribution in [3.8, 4) is 0 Å². The number of nitrogens with one attached hydrogen (secondary N) is 1. The van der Waals surface area contributed by atoms with E-state index in [-0.39, 0.29) is 11.4 Å². The molecule has 2 aliphatic rings. The highest BCUT2D eigenvalue weighted by Gasteiger charge is 2.54. The SMILES string of the molecule is COC(=O)C(CN(C)C(C)C(C)(C)C)(NC1CC1)C1CC1. The van der Waals surface area contributed by atoms with Crippen LogP contribution in [0.25, 0.3) is 0 Å². The van der Waals surface area contributed by atoms with Crippen LogP contribution in [0.3, 0.4) is 0 Å². The first kappa shape index (κ1) is 16.8. The molecular formula is C17H32N2O2. The Bertz CT molecular complexity index is 383. The summed E-state index contributed by atoms with van der Waals surface area (Å²) in [4.78, 5) is 14.9. The van der Waals surface area contributed by atoms with E-state index in [0.29, 0.717) is 18.0 Å². The van der Waals surface area contributed by atoms with Gasteiger partial charge in [0.2, 0.25) is 0 Å². The Morgan fingerprint density at radius 1 is 1.29 bits per heavy atom. The van der Waals surface area contributed by atoms with Crippen LogP contribution in [0.2, 0.25) is 0 Å². The van der Waals surface area contributed by atoms with Crippen LogP contribution in [-0.2, 0) is 9.53 Å². The molecule has 0 heterocycles. The van der Waals surface area contributed by atoms with Gasteiger partial charge in [0.25, 0.3) is 0 Å². The molecule has 0 radical (unpaired) electrons. The maximum absolute atomic E-state index is 12.6. The van der Waals surface area contributed by atoms with Crippen molar-refractivity contribution in [2.75, 3.05) is 20.7 Å². The van der Waals surface area contributed by atoms with Crippen molar-refractivity contribution in [3.63, 3.8) is 0 Å². The molecule has 1 N–H and O–H groups in total. The molecule has 0 aromatic rings. The minimum Gasteiger partial charge on any atom is -0.468 e. The van der Waals surface area contributed by atoms with Crippen LogP contribution in [0.15, 0.2) is 0 Å². The van der Waals surface area contributed by atoms with Gasteiger partial charge in [0, 0.05) is 18.6 Å². The Morgan fingerprint density at radius 3 is 2.24 bits per heavy atom. The van der Waals surface area contributed by atoms with Gasteiger partial charge in [-0.3, -0.25) is 5.32 Å². The van der Waals surface area contributed by atoms with Gasteiger partial charge in [0.05, 0.1) is 7.11 Å². The van der Waals surface area contributed by atoms with Gasteiger partial charge in [-0.2, -0.15) is 0 Å². The Morgan fingerprint density at radius 2 is 1.86 bits per heavy atom. The number of ether oxygens (including phenoxy) is 1.